The fraction of sp³-hybridized carbons (Fsp3) is 0.591. The summed E-state index contributed by atoms with van der Waals surface area (Å²) in [5.41, 5.74) is 2.64. The van der Waals surface area contributed by atoms with Crippen molar-refractivity contribution in [3.05, 3.63) is 34.4 Å². The second kappa shape index (κ2) is 6.54. The molecule has 1 aromatic heterocycles. The summed E-state index contributed by atoms with van der Waals surface area (Å²) in [4.78, 5) is 14.2. The Morgan fingerprint density at radius 1 is 1.22 bits per heavy atom. The van der Waals surface area contributed by atoms with E-state index in [1.807, 2.05) is 25.7 Å². The highest BCUT2D eigenvalue weighted by molar-refractivity contribution is 9.10. The Morgan fingerprint density at radius 2 is 1.89 bits per heavy atom. The number of fused-ring (bicyclic) bond motifs is 1. The lowest BCUT2D eigenvalue weighted by atomic mass is 9.60. The third-order valence-corrected chi connectivity index (χ3v) is 6.89. The first kappa shape index (κ1) is 18.9. The lowest BCUT2D eigenvalue weighted by Crippen LogP contribution is -2.50. The summed E-state index contributed by atoms with van der Waals surface area (Å²) in [6, 6.07) is 9.32. The zero-order valence-corrected chi connectivity index (χ0v) is 18.3. The van der Waals surface area contributed by atoms with Crippen molar-refractivity contribution in [3.63, 3.8) is 0 Å². The Hall–Kier alpha value is -1.49. The third-order valence-electron chi connectivity index (χ3n) is 6.20. The Labute approximate surface area is 170 Å². The van der Waals surface area contributed by atoms with Gasteiger partial charge in [0.15, 0.2) is 0 Å². The summed E-state index contributed by atoms with van der Waals surface area (Å²) >= 11 is 3.68. The van der Waals surface area contributed by atoms with Crippen molar-refractivity contribution in [2.75, 3.05) is 13.1 Å². The highest BCUT2D eigenvalue weighted by Crippen LogP contribution is 2.56. The molecule has 4 rings (SSSR count). The maximum Gasteiger partial charge on any atom is 0.410 e. The largest absolute Gasteiger partial charge is 0.444 e. The molecule has 2 aliphatic rings. The lowest BCUT2D eigenvalue weighted by molar-refractivity contribution is -0.0228. The maximum atomic E-state index is 12.3. The third kappa shape index (κ3) is 3.51. The molecule has 1 aromatic carbocycles. The van der Waals surface area contributed by atoms with Gasteiger partial charge in [-0.15, -0.1) is 0 Å². The minimum atomic E-state index is -0.422. The average molecular weight is 433 g/mol. The van der Waals surface area contributed by atoms with E-state index in [-0.39, 0.29) is 6.09 Å². The van der Waals surface area contributed by atoms with E-state index in [2.05, 4.69) is 51.7 Å². The van der Waals surface area contributed by atoms with Crippen molar-refractivity contribution < 1.29 is 9.53 Å². The highest BCUT2D eigenvalue weighted by atomic mass is 79.9. The standard InChI is InChI=1S/C22H29BrN2O2/c1-15-12-17-18(23)6-5-7-19(17)25(15)16-13-22(14-16)8-10-24(11-9-22)20(26)27-21(2,3)4/h5-7,12,16H,8-11,13-14H2,1-4H3. The molecule has 2 aromatic rings. The van der Waals surface area contributed by atoms with Crippen LogP contribution in [-0.2, 0) is 4.74 Å². The van der Waals surface area contributed by atoms with Crippen LogP contribution in [0.25, 0.3) is 10.9 Å². The number of hydrogen-bond acceptors (Lipinski definition) is 2. The molecule has 1 aliphatic carbocycles. The van der Waals surface area contributed by atoms with Crippen LogP contribution in [0, 0.1) is 12.3 Å². The number of benzene rings is 1. The van der Waals surface area contributed by atoms with Crippen LogP contribution in [0.5, 0.6) is 0 Å². The number of aromatic nitrogens is 1. The van der Waals surface area contributed by atoms with E-state index in [0.29, 0.717) is 11.5 Å². The summed E-state index contributed by atoms with van der Waals surface area (Å²) in [6.45, 7) is 9.62. The first-order valence-corrected chi connectivity index (χ1v) is 10.7. The van der Waals surface area contributed by atoms with Crippen molar-refractivity contribution in [2.45, 2.75) is 65.0 Å². The van der Waals surface area contributed by atoms with Crippen LogP contribution < -0.4 is 0 Å². The molecule has 0 bridgehead atoms. The van der Waals surface area contributed by atoms with Gasteiger partial charge in [-0.05, 0) is 77.0 Å². The average Bonchev–Trinajstić information content (AvgIpc) is 2.88. The summed E-state index contributed by atoms with van der Waals surface area (Å²) in [5, 5.41) is 1.30. The molecule has 0 radical (unpaired) electrons. The molecule has 1 aliphatic heterocycles. The molecule has 1 saturated heterocycles. The SMILES string of the molecule is Cc1cc2c(Br)cccc2n1C1CC2(CCN(C(=O)OC(C)(C)C)CC2)C1. The topological polar surface area (TPSA) is 34.5 Å². The molecule has 2 heterocycles. The first-order chi connectivity index (χ1) is 12.7. The molecule has 1 spiro atoms. The van der Waals surface area contributed by atoms with E-state index < -0.39 is 5.60 Å². The molecular formula is C22H29BrN2O2. The van der Waals surface area contributed by atoms with E-state index in [1.165, 1.54) is 33.9 Å². The maximum absolute atomic E-state index is 12.3. The van der Waals surface area contributed by atoms with E-state index in [0.717, 1.165) is 25.9 Å². The van der Waals surface area contributed by atoms with Crippen LogP contribution in [-0.4, -0.2) is 34.3 Å². The van der Waals surface area contributed by atoms with Gasteiger partial charge < -0.3 is 14.2 Å². The monoisotopic (exact) mass is 432 g/mol. The summed E-state index contributed by atoms with van der Waals surface area (Å²) in [5.74, 6) is 0. The molecule has 4 nitrogen and oxygen atoms in total. The van der Waals surface area contributed by atoms with E-state index >= 15 is 0 Å². The van der Waals surface area contributed by atoms with Gasteiger partial charge in [0.05, 0.1) is 0 Å². The summed E-state index contributed by atoms with van der Waals surface area (Å²) in [7, 11) is 0. The number of carbonyl (C=O) groups is 1. The Morgan fingerprint density at radius 3 is 2.52 bits per heavy atom. The molecule has 1 amide bonds. The second-order valence-electron chi connectivity index (χ2n) is 9.36. The molecule has 2 fully saturated rings. The predicted octanol–water partition coefficient (Wildman–Crippen LogP) is 6.06. The number of ether oxygens (including phenoxy) is 1. The van der Waals surface area contributed by atoms with Crippen molar-refractivity contribution in [1.82, 2.24) is 9.47 Å². The van der Waals surface area contributed by atoms with Crippen LogP contribution in [0.4, 0.5) is 4.79 Å². The van der Waals surface area contributed by atoms with Gasteiger partial charge in [-0.2, -0.15) is 0 Å². The van der Waals surface area contributed by atoms with Crippen LogP contribution >= 0.6 is 15.9 Å². The van der Waals surface area contributed by atoms with Gasteiger partial charge in [0.1, 0.15) is 5.60 Å². The smallest absolute Gasteiger partial charge is 0.410 e. The van der Waals surface area contributed by atoms with Gasteiger partial charge in [0.25, 0.3) is 0 Å². The normalized spacial score (nSPS) is 20.1. The molecule has 0 N–H and O–H groups in total. The minimum absolute atomic E-state index is 0.162. The van der Waals surface area contributed by atoms with Gasteiger partial charge in [-0.3, -0.25) is 0 Å². The number of amides is 1. The highest BCUT2D eigenvalue weighted by Gasteiger charge is 2.47. The predicted molar refractivity (Wildman–Crippen MR) is 112 cm³/mol. The second-order valence-corrected chi connectivity index (χ2v) is 10.2. The van der Waals surface area contributed by atoms with E-state index in [4.69, 9.17) is 4.74 Å². The molecular weight excluding hydrogens is 404 g/mol. The van der Waals surface area contributed by atoms with Gasteiger partial charge >= 0.3 is 6.09 Å². The van der Waals surface area contributed by atoms with E-state index in [9.17, 15) is 4.79 Å². The number of aryl methyl sites for hydroxylation is 1. The number of nitrogens with zero attached hydrogens (tertiary/aromatic N) is 2. The fourth-order valence-corrected chi connectivity index (χ4v) is 5.32. The Kier molecular flexibility index (Phi) is 4.57. The van der Waals surface area contributed by atoms with Gasteiger partial charge in [-0.25, -0.2) is 4.79 Å². The summed E-state index contributed by atoms with van der Waals surface area (Å²) in [6.07, 6.45) is 4.44. The van der Waals surface area contributed by atoms with Crippen molar-refractivity contribution >= 4 is 32.9 Å². The molecule has 146 valence electrons. The zero-order chi connectivity index (χ0) is 19.4. The molecule has 0 atom stereocenters. The minimum Gasteiger partial charge on any atom is -0.444 e. The van der Waals surface area contributed by atoms with Crippen molar-refractivity contribution in [1.29, 1.82) is 0 Å². The number of piperidine rings is 1. The lowest BCUT2D eigenvalue weighted by Gasteiger charge is -2.53. The molecule has 5 heteroatoms. The molecule has 1 saturated carbocycles. The zero-order valence-electron chi connectivity index (χ0n) is 16.7. The molecule has 0 unspecified atom stereocenters. The van der Waals surface area contributed by atoms with Crippen LogP contribution in [0.15, 0.2) is 28.7 Å². The molecule has 27 heavy (non-hydrogen) atoms. The Balaban J connectivity index is 1.41. The fourth-order valence-electron chi connectivity index (χ4n) is 4.85. The Bertz CT molecular complexity index is 864. The quantitative estimate of drug-likeness (QED) is 0.548. The van der Waals surface area contributed by atoms with Gasteiger partial charge in [0.2, 0.25) is 0 Å². The van der Waals surface area contributed by atoms with E-state index in [1.54, 1.807) is 0 Å². The van der Waals surface area contributed by atoms with Crippen LogP contribution in [0.1, 0.15) is 58.2 Å². The van der Waals surface area contributed by atoms with Gasteiger partial charge in [0, 0.05) is 40.2 Å². The first-order valence-electron chi connectivity index (χ1n) is 9.91. The van der Waals surface area contributed by atoms with Crippen molar-refractivity contribution in [3.8, 4) is 0 Å². The number of carbonyl (C=O) groups excluding carboxylic acids is 1. The summed E-state index contributed by atoms with van der Waals surface area (Å²) < 4.78 is 9.22. The number of halogens is 1. The van der Waals surface area contributed by atoms with Gasteiger partial charge in [-0.1, -0.05) is 22.0 Å². The van der Waals surface area contributed by atoms with Crippen LogP contribution in [0.3, 0.4) is 0 Å². The number of hydrogen-bond donors (Lipinski definition) is 0. The van der Waals surface area contributed by atoms with Crippen LogP contribution in [0.2, 0.25) is 0 Å². The number of rotatable bonds is 1. The van der Waals surface area contributed by atoms with Crippen molar-refractivity contribution in [2.24, 2.45) is 5.41 Å². The number of likely N-dealkylation sites (tertiary alicyclic amines) is 1.